The molecule has 0 atom stereocenters. The van der Waals surface area contributed by atoms with Crippen molar-refractivity contribution < 1.29 is 10.0 Å². The SMILES string of the molecule is CC(C)NC(=O)CSc1cccc(/C(N)=N/O)n1. The molecule has 1 amide bonds. The van der Waals surface area contributed by atoms with Crippen molar-refractivity contribution in [3.05, 3.63) is 23.9 Å². The third-order valence-corrected chi connectivity index (χ3v) is 2.82. The number of nitrogens with zero attached hydrogens (tertiary/aromatic N) is 2. The summed E-state index contributed by atoms with van der Waals surface area (Å²) in [5.41, 5.74) is 5.82. The normalized spacial score (nSPS) is 11.6. The molecule has 1 heterocycles. The zero-order valence-electron chi connectivity index (χ0n) is 10.3. The Balaban J connectivity index is 2.60. The van der Waals surface area contributed by atoms with E-state index in [4.69, 9.17) is 10.9 Å². The number of hydrogen-bond acceptors (Lipinski definition) is 5. The molecule has 0 bridgehead atoms. The Hall–Kier alpha value is -1.76. The summed E-state index contributed by atoms with van der Waals surface area (Å²) in [6.07, 6.45) is 0. The number of hydrogen-bond donors (Lipinski definition) is 3. The Morgan fingerprint density at radius 1 is 1.61 bits per heavy atom. The van der Waals surface area contributed by atoms with Crippen molar-refractivity contribution in [2.45, 2.75) is 24.9 Å². The summed E-state index contributed by atoms with van der Waals surface area (Å²) >= 11 is 1.30. The maximum atomic E-state index is 11.5. The van der Waals surface area contributed by atoms with E-state index >= 15 is 0 Å². The highest BCUT2D eigenvalue weighted by Gasteiger charge is 2.07. The molecule has 0 saturated carbocycles. The first kappa shape index (κ1) is 14.3. The molecule has 0 fully saturated rings. The molecule has 0 aliphatic heterocycles. The van der Waals surface area contributed by atoms with E-state index in [-0.39, 0.29) is 23.5 Å². The molecule has 0 aromatic carbocycles. The largest absolute Gasteiger partial charge is 0.409 e. The second kappa shape index (κ2) is 6.85. The van der Waals surface area contributed by atoms with Crippen molar-refractivity contribution >= 4 is 23.5 Å². The van der Waals surface area contributed by atoms with Crippen molar-refractivity contribution in [3.8, 4) is 0 Å². The third kappa shape index (κ3) is 4.62. The fourth-order valence-corrected chi connectivity index (χ4v) is 1.89. The maximum Gasteiger partial charge on any atom is 0.230 e. The maximum absolute atomic E-state index is 11.5. The Bertz CT molecular complexity index is 448. The van der Waals surface area contributed by atoms with Gasteiger partial charge in [-0.05, 0) is 26.0 Å². The summed E-state index contributed by atoms with van der Waals surface area (Å²) in [7, 11) is 0. The molecule has 4 N–H and O–H groups in total. The molecule has 98 valence electrons. The zero-order chi connectivity index (χ0) is 13.5. The Kier molecular flexibility index (Phi) is 5.44. The van der Waals surface area contributed by atoms with Crippen molar-refractivity contribution in [2.75, 3.05) is 5.75 Å². The van der Waals surface area contributed by atoms with Gasteiger partial charge in [0, 0.05) is 6.04 Å². The highest BCUT2D eigenvalue weighted by atomic mass is 32.2. The summed E-state index contributed by atoms with van der Waals surface area (Å²) in [6, 6.07) is 5.26. The van der Waals surface area contributed by atoms with Crippen LogP contribution in [-0.4, -0.2) is 33.7 Å². The van der Waals surface area contributed by atoms with Gasteiger partial charge in [0.2, 0.25) is 5.91 Å². The average Bonchev–Trinajstić information content (AvgIpc) is 2.35. The fourth-order valence-electron chi connectivity index (χ4n) is 1.19. The lowest BCUT2D eigenvalue weighted by atomic mass is 10.3. The van der Waals surface area contributed by atoms with Crippen LogP contribution in [0.5, 0.6) is 0 Å². The summed E-state index contributed by atoms with van der Waals surface area (Å²) in [4.78, 5) is 15.6. The average molecular weight is 268 g/mol. The van der Waals surface area contributed by atoms with Gasteiger partial charge >= 0.3 is 0 Å². The molecule has 0 radical (unpaired) electrons. The Morgan fingerprint density at radius 2 is 2.33 bits per heavy atom. The lowest BCUT2D eigenvalue weighted by Crippen LogP contribution is -2.31. The standard InChI is InChI=1S/C11H16N4O2S/c1-7(2)13-9(16)6-18-10-5-3-4-8(14-10)11(12)15-17/h3-5,7,17H,6H2,1-2H3,(H2,12,15)(H,13,16). The number of thioether (sulfide) groups is 1. The van der Waals surface area contributed by atoms with E-state index < -0.39 is 0 Å². The number of amidine groups is 1. The van der Waals surface area contributed by atoms with Gasteiger partial charge in [0.25, 0.3) is 0 Å². The van der Waals surface area contributed by atoms with Crippen LogP contribution in [0.15, 0.2) is 28.4 Å². The van der Waals surface area contributed by atoms with Crippen LogP contribution in [-0.2, 0) is 4.79 Å². The first-order valence-electron chi connectivity index (χ1n) is 5.40. The molecule has 0 saturated heterocycles. The summed E-state index contributed by atoms with van der Waals surface area (Å²) < 4.78 is 0. The molecule has 1 rings (SSSR count). The van der Waals surface area contributed by atoms with E-state index in [0.717, 1.165) is 0 Å². The van der Waals surface area contributed by atoms with Crippen LogP contribution in [0.4, 0.5) is 0 Å². The lowest BCUT2D eigenvalue weighted by molar-refractivity contribution is -0.119. The van der Waals surface area contributed by atoms with Gasteiger partial charge in [0.1, 0.15) is 5.69 Å². The predicted molar refractivity (Wildman–Crippen MR) is 70.8 cm³/mol. The van der Waals surface area contributed by atoms with Crippen molar-refractivity contribution in [1.82, 2.24) is 10.3 Å². The topological polar surface area (TPSA) is 101 Å². The van der Waals surface area contributed by atoms with Gasteiger partial charge in [0.05, 0.1) is 10.8 Å². The van der Waals surface area contributed by atoms with E-state index in [9.17, 15) is 4.79 Å². The summed E-state index contributed by atoms with van der Waals surface area (Å²) in [5, 5.41) is 14.9. The summed E-state index contributed by atoms with van der Waals surface area (Å²) in [5.74, 6) is 0.181. The van der Waals surface area contributed by atoms with E-state index in [0.29, 0.717) is 10.7 Å². The number of oxime groups is 1. The van der Waals surface area contributed by atoms with Crippen LogP contribution in [0.25, 0.3) is 0 Å². The van der Waals surface area contributed by atoms with Gasteiger partial charge in [-0.2, -0.15) is 0 Å². The van der Waals surface area contributed by atoms with E-state index in [1.165, 1.54) is 11.8 Å². The monoisotopic (exact) mass is 268 g/mol. The van der Waals surface area contributed by atoms with Crippen LogP contribution in [0.3, 0.4) is 0 Å². The number of carbonyl (C=O) groups is 1. The molecule has 0 aliphatic rings. The first-order chi connectivity index (χ1) is 8.52. The van der Waals surface area contributed by atoms with Gasteiger partial charge in [-0.25, -0.2) is 4.98 Å². The smallest absolute Gasteiger partial charge is 0.230 e. The number of rotatable bonds is 5. The minimum atomic E-state index is -0.0518. The third-order valence-electron chi connectivity index (χ3n) is 1.89. The highest BCUT2D eigenvalue weighted by molar-refractivity contribution is 7.99. The minimum Gasteiger partial charge on any atom is -0.409 e. The van der Waals surface area contributed by atoms with E-state index in [1.54, 1.807) is 18.2 Å². The molecule has 0 spiro atoms. The van der Waals surface area contributed by atoms with E-state index in [2.05, 4.69) is 15.5 Å². The zero-order valence-corrected chi connectivity index (χ0v) is 11.1. The first-order valence-corrected chi connectivity index (χ1v) is 6.38. The number of pyridine rings is 1. The molecule has 1 aromatic heterocycles. The number of amides is 1. The highest BCUT2D eigenvalue weighted by Crippen LogP contribution is 2.15. The minimum absolute atomic E-state index is 0.0500. The van der Waals surface area contributed by atoms with Gasteiger partial charge in [-0.15, -0.1) is 0 Å². The van der Waals surface area contributed by atoms with Crippen LogP contribution in [0, 0.1) is 0 Å². The molecule has 7 heteroatoms. The van der Waals surface area contributed by atoms with Crippen molar-refractivity contribution in [2.24, 2.45) is 10.9 Å². The fraction of sp³-hybridized carbons (Fsp3) is 0.364. The molecule has 0 aliphatic carbocycles. The quantitative estimate of drug-likeness (QED) is 0.241. The van der Waals surface area contributed by atoms with Crippen molar-refractivity contribution in [3.63, 3.8) is 0 Å². The molecule has 18 heavy (non-hydrogen) atoms. The molecule has 1 aromatic rings. The van der Waals surface area contributed by atoms with E-state index in [1.807, 2.05) is 13.8 Å². The molecular weight excluding hydrogens is 252 g/mol. The predicted octanol–water partition coefficient (Wildman–Crippen LogP) is 0.793. The van der Waals surface area contributed by atoms with Crippen LogP contribution >= 0.6 is 11.8 Å². The molecule has 0 unspecified atom stereocenters. The van der Waals surface area contributed by atoms with Crippen LogP contribution in [0.2, 0.25) is 0 Å². The van der Waals surface area contributed by atoms with Crippen molar-refractivity contribution in [1.29, 1.82) is 0 Å². The second-order valence-electron chi connectivity index (χ2n) is 3.86. The van der Waals surface area contributed by atoms with Gasteiger partial charge < -0.3 is 16.3 Å². The van der Waals surface area contributed by atoms with Crippen LogP contribution in [0.1, 0.15) is 19.5 Å². The number of carbonyl (C=O) groups excluding carboxylic acids is 1. The Morgan fingerprint density at radius 3 is 2.94 bits per heavy atom. The van der Waals surface area contributed by atoms with Gasteiger partial charge in [-0.1, -0.05) is 23.0 Å². The number of aromatic nitrogens is 1. The molecule has 6 nitrogen and oxygen atoms in total. The van der Waals surface area contributed by atoms with Gasteiger partial charge in [0.15, 0.2) is 5.84 Å². The lowest BCUT2D eigenvalue weighted by Gasteiger charge is -2.07. The number of nitrogens with one attached hydrogen (secondary N) is 1. The second-order valence-corrected chi connectivity index (χ2v) is 4.85. The molecular formula is C11H16N4O2S. The Labute approximate surface area is 110 Å². The summed E-state index contributed by atoms with van der Waals surface area (Å²) in [6.45, 7) is 3.81. The number of nitrogens with two attached hydrogens (primary N) is 1. The van der Waals surface area contributed by atoms with Gasteiger partial charge in [-0.3, -0.25) is 4.79 Å². The van der Waals surface area contributed by atoms with Crippen LogP contribution < -0.4 is 11.1 Å².